The van der Waals surface area contributed by atoms with Gasteiger partial charge >= 0.3 is 6.18 Å². The molecule has 0 radical (unpaired) electrons. The lowest BCUT2D eigenvalue weighted by molar-refractivity contribution is -0.156. The minimum Gasteiger partial charge on any atom is -0.276 e. The van der Waals surface area contributed by atoms with Gasteiger partial charge in [0.05, 0.1) is 17.7 Å². The lowest BCUT2D eigenvalue weighted by Gasteiger charge is -2.53. The minimum absolute atomic E-state index is 0.453. The Bertz CT molecular complexity index is 936. The van der Waals surface area contributed by atoms with Crippen LogP contribution in [0.3, 0.4) is 0 Å². The molecule has 0 aromatic heterocycles. The molecule has 0 bridgehead atoms. The fourth-order valence-electron chi connectivity index (χ4n) is 4.91. The highest BCUT2D eigenvalue weighted by Crippen LogP contribution is 2.56. The van der Waals surface area contributed by atoms with Crippen molar-refractivity contribution in [1.29, 1.82) is 0 Å². The number of benzene rings is 2. The fourth-order valence-corrected chi connectivity index (χ4v) is 5.53. The molecular formula is C22H20Br2F3N. The van der Waals surface area contributed by atoms with Crippen LogP contribution in [0.2, 0.25) is 0 Å². The Hall–Kier alpha value is -1.14. The summed E-state index contributed by atoms with van der Waals surface area (Å²) in [6.45, 7) is 1.98. The van der Waals surface area contributed by atoms with Crippen LogP contribution in [-0.2, 0) is 5.41 Å². The zero-order chi connectivity index (χ0) is 20.2. The summed E-state index contributed by atoms with van der Waals surface area (Å²) in [7, 11) is 0. The maximum absolute atomic E-state index is 13.7. The van der Waals surface area contributed by atoms with Gasteiger partial charge in [-0.25, -0.2) is 0 Å². The number of nitrogens with zero attached hydrogens (tertiary/aromatic N) is 1. The molecule has 1 fully saturated rings. The minimum atomic E-state index is -4.27. The van der Waals surface area contributed by atoms with E-state index in [1.165, 1.54) is 0 Å². The van der Waals surface area contributed by atoms with Gasteiger partial charge in [-0.05, 0) is 42.7 Å². The maximum Gasteiger partial charge on any atom is 0.391 e. The summed E-state index contributed by atoms with van der Waals surface area (Å²) >= 11 is 6.96. The van der Waals surface area contributed by atoms with Gasteiger partial charge in [0.25, 0.3) is 0 Å². The van der Waals surface area contributed by atoms with Gasteiger partial charge < -0.3 is 0 Å². The van der Waals surface area contributed by atoms with Crippen LogP contribution in [0, 0.1) is 0 Å². The Morgan fingerprint density at radius 3 is 2.29 bits per heavy atom. The van der Waals surface area contributed by atoms with E-state index in [2.05, 4.69) is 31.9 Å². The molecule has 1 aliphatic heterocycles. The Morgan fingerprint density at radius 1 is 0.964 bits per heavy atom. The standard InChI is InChI=1S/C22H20Br2F3N/c1-20-10-2-3-11-21(20,13-22(25,26)27)28-19(14-4-6-15(23)7-5-14)17-9-8-16(24)12-18(17)20/h4-9,12H,2-3,10-11,13H2,1H3/t20-,21+/m0/s1. The van der Waals surface area contributed by atoms with Crippen LogP contribution in [0.1, 0.15) is 55.7 Å². The summed E-state index contributed by atoms with van der Waals surface area (Å²) in [5.74, 6) is 0. The van der Waals surface area contributed by atoms with Crippen molar-refractivity contribution in [3.05, 3.63) is 68.1 Å². The monoisotopic (exact) mass is 513 g/mol. The first-order valence-electron chi connectivity index (χ1n) is 9.37. The zero-order valence-corrected chi connectivity index (χ0v) is 18.6. The van der Waals surface area contributed by atoms with E-state index in [-0.39, 0.29) is 0 Å². The Labute approximate surface area is 179 Å². The van der Waals surface area contributed by atoms with Gasteiger partial charge in [-0.1, -0.05) is 69.8 Å². The first-order valence-corrected chi connectivity index (χ1v) is 11.0. The predicted molar refractivity (Wildman–Crippen MR) is 113 cm³/mol. The molecule has 2 aromatic rings. The third kappa shape index (κ3) is 3.36. The number of hydrogen-bond donors (Lipinski definition) is 0. The van der Waals surface area contributed by atoms with Gasteiger partial charge in [-0.3, -0.25) is 4.99 Å². The van der Waals surface area contributed by atoms with Crippen molar-refractivity contribution < 1.29 is 13.2 Å². The third-order valence-corrected chi connectivity index (χ3v) is 7.33. The molecular weight excluding hydrogens is 495 g/mol. The number of halogens is 5. The number of aliphatic imine (C=N–C) groups is 1. The molecule has 6 heteroatoms. The van der Waals surface area contributed by atoms with Gasteiger partial charge in [-0.2, -0.15) is 13.2 Å². The molecule has 1 heterocycles. The lowest BCUT2D eigenvalue weighted by Crippen LogP contribution is -2.56. The Morgan fingerprint density at radius 2 is 1.61 bits per heavy atom. The second-order valence-corrected chi connectivity index (χ2v) is 9.85. The lowest BCUT2D eigenvalue weighted by atomic mass is 9.55. The summed E-state index contributed by atoms with van der Waals surface area (Å²) in [6.07, 6.45) is -2.30. The van der Waals surface area contributed by atoms with Crippen LogP contribution in [0.25, 0.3) is 0 Å². The maximum atomic E-state index is 13.7. The van der Waals surface area contributed by atoms with Crippen molar-refractivity contribution in [2.75, 3.05) is 0 Å². The van der Waals surface area contributed by atoms with E-state index < -0.39 is 23.6 Å². The van der Waals surface area contributed by atoms with E-state index in [1.54, 1.807) is 0 Å². The Balaban J connectivity index is 2.00. The molecule has 0 saturated heterocycles. The first kappa shape index (κ1) is 20.1. The van der Waals surface area contributed by atoms with Crippen LogP contribution >= 0.6 is 31.9 Å². The van der Waals surface area contributed by atoms with Gasteiger partial charge in [0.15, 0.2) is 0 Å². The molecule has 4 rings (SSSR count). The highest BCUT2D eigenvalue weighted by molar-refractivity contribution is 9.10. The fraction of sp³-hybridized carbons (Fsp3) is 0.409. The second-order valence-electron chi connectivity index (χ2n) is 8.02. The third-order valence-electron chi connectivity index (χ3n) is 6.31. The predicted octanol–water partition coefficient (Wildman–Crippen LogP) is 7.59. The molecule has 2 atom stereocenters. The van der Waals surface area contributed by atoms with Crippen molar-refractivity contribution in [3.63, 3.8) is 0 Å². The molecule has 1 nitrogen and oxygen atoms in total. The Kier molecular flexibility index (Phi) is 5.02. The molecule has 1 aliphatic carbocycles. The second kappa shape index (κ2) is 6.98. The molecule has 2 aliphatic rings. The average molecular weight is 515 g/mol. The van der Waals surface area contributed by atoms with Crippen LogP contribution in [0.5, 0.6) is 0 Å². The summed E-state index contributed by atoms with van der Waals surface area (Å²) < 4.78 is 43.0. The average Bonchev–Trinajstić information content (AvgIpc) is 2.61. The van der Waals surface area contributed by atoms with E-state index in [4.69, 9.17) is 4.99 Å². The van der Waals surface area contributed by atoms with Crippen LogP contribution in [0.15, 0.2) is 56.4 Å². The molecule has 0 N–H and O–H groups in total. The van der Waals surface area contributed by atoms with E-state index >= 15 is 0 Å². The number of rotatable bonds is 2. The van der Waals surface area contributed by atoms with Crippen molar-refractivity contribution in [2.45, 2.75) is 56.2 Å². The van der Waals surface area contributed by atoms with Crippen molar-refractivity contribution >= 4 is 37.6 Å². The molecule has 0 amide bonds. The molecule has 2 aromatic carbocycles. The van der Waals surface area contributed by atoms with E-state index in [0.29, 0.717) is 18.6 Å². The highest BCUT2D eigenvalue weighted by Gasteiger charge is 2.58. The summed E-state index contributed by atoms with van der Waals surface area (Å²) in [5, 5.41) is 0. The van der Waals surface area contributed by atoms with Gasteiger partial charge in [0.2, 0.25) is 0 Å². The topological polar surface area (TPSA) is 12.4 Å². The molecule has 0 spiro atoms. The zero-order valence-electron chi connectivity index (χ0n) is 15.4. The van der Waals surface area contributed by atoms with Gasteiger partial charge in [0, 0.05) is 25.5 Å². The van der Waals surface area contributed by atoms with Crippen LogP contribution in [-0.4, -0.2) is 17.4 Å². The summed E-state index contributed by atoms with van der Waals surface area (Å²) in [5.41, 5.74) is 1.62. The quantitative estimate of drug-likeness (QED) is 0.391. The largest absolute Gasteiger partial charge is 0.391 e. The van der Waals surface area contributed by atoms with Crippen molar-refractivity contribution in [1.82, 2.24) is 0 Å². The summed E-state index contributed by atoms with van der Waals surface area (Å²) in [6, 6.07) is 13.6. The van der Waals surface area contributed by atoms with Gasteiger partial charge in [0.1, 0.15) is 0 Å². The number of fused-ring (bicyclic) bond motifs is 3. The van der Waals surface area contributed by atoms with Crippen LogP contribution < -0.4 is 0 Å². The normalized spacial score (nSPS) is 27.0. The smallest absolute Gasteiger partial charge is 0.276 e. The number of hydrogen-bond acceptors (Lipinski definition) is 1. The SMILES string of the molecule is C[C@@]12CCCC[C@]1(CC(F)(F)F)N=C(c1ccc(Br)cc1)c1ccc(Br)cc12. The van der Waals surface area contributed by atoms with Crippen molar-refractivity contribution in [2.24, 2.45) is 4.99 Å². The van der Waals surface area contributed by atoms with E-state index in [9.17, 15) is 13.2 Å². The van der Waals surface area contributed by atoms with E-state index in [1.807, 2.05) is 49.4 Å². The van der Waals surface area contributed by atoms with Gasteiger partial charge in [-0.15, -0.1) is 0 Å². The number of alkyl halides is 3. The molecule has 1 saturated carbocycles. The molecule has 28 heavy (non-hydrogen) atoms. The highest BCUT2D eigenvalue weighted by atomic mass is 79.9. The van der Waals surface area contributed by atoms with Crippen LogP contribution in [0.4, 0.5) is 13.2 Å². The molecule has 148 valence electrons. The van der Waals surface area contributed by atoms with E-state index in [0.717, 1.165) is 38.5 Å². The van der Waals surface area contributed by atoms with Crippen molar-refractivity contribution in [3.8, 4) is 0 Å². The molecule has 0 unspecified atom stereocenters. The summed E-state index contributed by atoms with van der Waals surface area (Å²) in [4.78, 5) is 4.93. The first-order chi connectivity index (χ1) is 13.1.